The van der Waals surface area contributed by atoms with Gasteiger partial charge in [-0.1, -0.05) is 6.07 Å². The van der Waals surface area contributed by atoms with Crippen molar-refractivity contribution in [2.24, 2.45) is 0 Å². The predicted molar refractivity (Wildman–Crippen MR) is 87.9 cm³/mol. The monoisotopic (exact) mass is 315 g/mol. The molecule has 0 radical (unpaired) electrons. The van der Waals surface area contributed by atoms with E-state index in [1.54, 1.807) is 7.11 Å². The summed E-state index contributed by atoms with van der Waals surface area (Å²) < 4.78 is 5.20. The fourth-order valence-electron chi connectivity index (χ4n) is 3.08. The smallest absolute Gasteiger partial charge is 0.138 e. The van der Waals surface area contributed by atoms with E-state index in [0.29, 0.717) is 19.0 Å². The number of nitrogens with one attached hydrogen (secondary N) is 1. The molecule has 2 unspecified atom stereocenters. The zero-order valence-electron chi connectivity index (χ0n) is 13.1. The van der Waals surface area contributed by atoms with Gasteiger partial charge in [-0.2, -0.15) is 0 Å². The van der Waals surface area contributed by atoms with E-state index in [1.807, 2.05) is 18.2 Å². The number of anilines is 1. The zero-order chi connectivity index (χ0) is 16.2. The normalized spacial score (nSPS) is 22.3. The van der Waals surface area contributed by atoms with Crippen molar-refractivity contribution < 1.29 is 9.53 Å². The number of nitrogens with two attached hydrogens (primary N) is 1. The van der Waals surface area contributed by atoms with Crippen LogP contribution in [0.5, 0.6) is 0 Å². The maximum Gasteiger partial charge on any atom is 0.138 e. The van der Waals surface area contributed by atoms with Crippen LogP contribution in [0.2, 0.25) is 0 Å². The summed E-state index contributed by atoms with van der Waals surface area (Å²) in [6, 6.07) is 5.77. The first-order valence-corrected chi connectivity index (χ1v) is 7.63. The molecule has 1 aliphatic rings. The maximum absolute atomic E-state index is 11.5. The Kier molecular flexibility index (Phi) is 4.80. The van der Waals surface area contributed by atoms with Gasteiger partial charge in [-0.15, -0.1) is 0 Å². The van der Waals surface area contributed by atoms with Crippen LogP contribution < -0.4 is 11.1 Å². The molecule has 0 amide bonds. The molecular weight excluding hydrogens is 294 g/mol. The van der Waals surface area contributed by atoms with Crippen LogP contribution in [-0.2, 0) is 16.1 Å². The van der Waals surface area contributed by atoms with Gasteiger partial charge in [0.2, 0.25) is 0 Å². The van der Waals surface area contributed by atoms with Crippen LogP contribution in [0.4, 0.5) is 5.82 Å². The van der Waals surface area contributed by atoms with Crippen molar-refractivity contribution in [2.75, 3.05) is 32.5 Å². The van der Waals surface area contributed by atoms with Crippen LogP contribution in [0.15, 0.2) is 24.5 Å². The fraction of sp³-hybridized carbons (Fsp3) is 0.438. The average Bonchev–Trinajstić information content (AvgIpc) is 2.56. The van der Waals surface area contributed by atoms with Gasteiger partial charge in [-0.25, -0.2) is 9.97 Å². The Labute approximate surface area is 134 Å². The highest BCUT2D eigenvalue weighted by Gasteiger charge is 2.30. The molecule has 23 heavy (non-hydrogen) atoms. The lowest BCUT2D eigenvalue weighted by molar-refractivity contribution is -0.115. The summed E-state index contributed by atoms with van der Waals surface area (Å²) in [4.78, 5) is 22.0. The van der Waals surface area contributed by atoms with Crippen molar-refractivity contribution in [2.45, 2.75) is 18.6 Å². The van der Waals surface area contributed by atoms with Crippen LogP contribution in [-0.4, -0.2) is 60.0 Å². The van der Waals surface area contributed by atoms with Crippen molar-refractivity contribution in [3.63, 3.8) is 0 Å². The lowest BCUT2D eigenvalue weighted by Gasteiger charge is -2.38. The number of rotatable bonds is 5. The Balaban J connectivity index is 1.81. The van der Waals surface area contributed by atoms with E-state index < -0.39 is 0 Å². The number of ether oxygens (including phenoxy) is 1. The van der Waals surface area contributed by atoms with Gasteiger partial charge in [0.25, 0.3) is 0 Å². The number of piperazine rings is 1. The summed E-state index contributed by atoms with van der Waals surface area (Å²) in [6.45, 7) is 2.85. The van der Waals surface area contributed by atoms with Gasteiger partial charge in [0.15, 0.2) is 0 Å². The van der Waals surface area contributed by atoms with Gasteiger partial charge in [-0.3, -0.25) is 4.90 Å². The molecule has 0 aliphatic carbocycles. The molecular formula is C16H21N5O2. The summed E-state index contributed by atoms with van der Waals surface area (Å²) in [5, 5.41) is 4.19. The molecule has 1 aromatic heterocycles. The molecule has 1 aromatic carbocycles. The minimum Gasteiger partial charge on any atom is -0.383 e. The number of carbonyl (C=O) groups excluding carboxylic acids is 1. The molecule has 3 rings (SSSR count). The second-order valence-corrected chi connectivity index (χ2v) is 5.72. The summed E-state index contributed by atoms with van der Waals surface area (Å²) in [7, 11) is 1.65. The molecule has 1 fully saturated rings. The topological polar surface area (TPSA) is 93.4 Å². The number of fused-ring (bicyclic) bond motifs is 1. The van der Waals surface area contributed by atoms with Gasteiger partial charge >= 0.3 is 0 Å². The van der Waals surface area contributed by atoms with E-state index in [9.17, 15) is 4.79 Å². The van der Waals surface area contributed by atoms with Gasteiger partial charge in [0, 0.05) is 32.1 Å². The van der Waals surface area contributed by atoms with Gasteiger partial charge < -0.3 is 20.6 Å². The molecule has 2 atom stereocenters. The molecule has 2 aromatic rings. The third kappa shape index (κ3) is 3.31. The number of carbonyl (C=O) groups is 1. The third-order valence-corrected chi connectivity index (χ3v) is 4.24. The standard InChI is InChI=1S/C16H21N5O2/c1-23-9-14-15(8-22)21(5-4-18-14)7-11-2-3-12-13(6-11)19-10-20-16(12)17/h2-3,6,8,10,14-15,18H,4-5,7,9H2,1H3,(H2,17,19,20). The summed E-state index contributed by atoms with van der Waals surface area (Å²) in [5.74, 6) is 0.481. The molecule has 7 nitrogen and oxygen atoms in total. The number of benzene rings is 1. The van der Waals surface area contributed by atoms with Crippen LogP contribution in [0, 0.1) is 0 Å². The van der Waals surface area contributed by atoms with Crippen molar-refractivity contribution in [3.05, 3.63) is 30.1 Å². The summed E-state index contributed by atoms with van der Waals surface area (Å²) >= 11 is 0. The maximum atomic E-state index is 11.5. The van der Waals surface area contributed by atoms with Crippen molar-refractivity contribution in [1.29, 1.82) is 0 Å². The predicted octanol–water partition coefficient (Wildman–Crippen LogP) is 0.200. The first-order valence-electron chi connectivity index (χ1n) is 7.63. The second-order valence-electron chi connectivity index (χ2n) is 5.72. The minimum absolute atomic E-state index is 0.0182. The number of hydrogen-bond donors (Lipinski definition) is 2. The van der Waals surface area contributed by atoms with Crippen LogP contribution in [0.3, 0.4) is 0 Å². The van der Waals surface area contributed by atoms with Gasteiger partial charge in [0.1, 0.15) is 18.4 Å². The van der Waals surface area contributed by atoms with Crippen LogP contribution in [0.1, 0.15) is 5.56 Å². The van der Waals surface area contributed by atoms with E-state index in [0.717, 1.165) is 35.8 Å². The lowest BCUT2D eigenvalue weighted by Crippen LogP contribution is -2.59. The fourth-order valence-corrected chi connectivity index (χ4v) is 3.08. The number of nitrogens with zero attached hydrogens (tertiary/aromatic N) is 3. The molecule has 1 saturated heterocycles. The van der Waals surface area contributed by atoms with E-state index >= 15 is 0 Å². The molecule has 0 spiro atoms. The molecule has 122 valence electrons. The van der Waals surface area contributed by atoms with Crippen LogP contribution in [0.25, 0.3) is 10.9 Å². The molecule has 2 heterocycles. The van der Waals surface area contributed by atoms with Crippen LogP contribution >= 0.6 is 0 Å². The Bertz CT molecular complexity index is 691. The van der Waals surface area contributed by atoms with E-state index in [4.69, 9.17) is 10.5 Å². The largest absolute Gasteiger partial charge is 0.383 e. The Morgan fingerprint density at radius 3 is 3.13 bits per heavy atom. The van der Waals surface area contributed by atoms with Crippen molar-refractivity contribution >= 4 is 23.0 Å². The summed E-state index contributed by atoms with van der Waals surface area (Å²) in [5.41, 5.74) is 7.77. The Hall–Kier alpha value is -2.09. The molecule has 3 N–H and O–H groups in total. The number of aromatic nitrogens is 2. The first-order chi connectivity index (χ1) is 11.2. The van der Waals surface area contributed by atoms with Gasteiger partial charge in [-0.05, 0) is 17.7 Å². The average molecular weight is 315 g/mol. The highest BCUT2D eigenvalue weighted by atomic mass is 16.5. The van der Waals surface area contributed by atoms with Crippen molar-refractivity contribution in [1.82, 2.24) is 20.2 Å². The highest BCUT2D eigenvalue weighted by Crippen LogP contribution is 2.20. The minimum atomic E-state index is -0.199. The number of aldehydes is 1. The lowest BCUT2D eigenvalue weighted by atomic mass is 10.0. The quantitative estimate of drug-likeness (QED) is 0.761. The van der Waals surface area contributed by atoms with E-state index in [1.165, 1.54) is 6.33 Å². The van der Waals surface area contributed by atoms with Crippen molar-refractivity contribution in [3.8, 4) is 0 Å². The summed E-state index contributed by atoms with van der Waals surface area (Å²) in [6.07, 6.45) is 2.46. The van der Waals surface area contributed by atoms with E-state index in [2.05, 4.69) is 20.2 Å². The molecule has 1 aliphatic heterocycles. The highest BCUT2D eigenvalue weighted by molar-refractivity contribution is 5.88. The first kappa shape index (κ1) is 15.8. The Morgan fingerprint density at radius 1 is 1.48 bits per heavy atom. The Morgan fingerprint density at radius 2 is 2.35 bits per heavy atom. The molecule has 0 bridgehead atoms. The van der Waals surface area contributed by atoms with E-state index in [-0.39, 0.29) is 12.1 Å². The molecule has 0 saturated carbocycles. The number of methoxy groups -OCH3 is 1. The SMILES string of the molecule is COCC1NCCN(Cc2ccc3c(N)ncnc3c2)C1C=O. The number of nitrogen functional groups attached to an aromatic ring is 1. The third-order valence-electron chi connectivity index (χ3n) is 4.24. The number of hydrogen-bond acceptors (Lipinski definition) is 7. The zero-order valence-corrected chi connectivity index (χ0v) is 13.1. The molecule has 7 heteroatoms. The second kappa shape index (κ2) is 6.99. The van der Waals surface area contributed by atoms with Gasteiger partial charge in [0.05, 0.1) is 24.2 Å².